The minimum absolute atomic E-state index is 0.193. The van der Waals surface area contributed by atoms with Gasteiger partial charge in [-0.15, -0.1) is 0 Å². The third-order valence-electron chi connectivity index (χ3n) is 3.94. The van der Waals surface area contributed by atoms with Crippen molar-refractivity contribution in [1.29, 1.82) is 0 Å². The van der Waals surface area contributed by atoms with Crippen molar-refractivity contribution in [3.8, 4) is 0 Å². The average molecular weight is 240 g/mol. The number of hydrogen-bond acceptors (Lipinski definition) is 3. The molecule has 0 bridgehead atoms. The lowest BCUT2D eigenvalue weighted by Gasteiger charge is -2.32. The first-order chi connectivity index (χ1) is 8.06. The Labute approximate surface area is 103 Å². The zero-order chi connectivity index (χ0) is 12.5. The van der Waals surface area contributed by atoms with Crippen LogP contribution in [0.25, 0.3) is 0 Å². The summed E-state index contributed by atoms with van der Waals surface area (Å²) in [6, 6.07) is 0. The Morgan fingerprint density at radius 2 is 2.06 bits per heavy atom. The molecule has 0 amide bonds. The van der Waals surface area contributed by atoms with Crippen molar-refractivity contribution in [1.82, 2.24) is 4.90 Å². The fourth-order valence-corrected chi connectivity index (χ4v) is 2.56. The Balaban J connectivity index is 1.95. The van der Waals surface area contributed by atoms with Crippen molar-refractivity contribution in [3.05, 3.63) is 0 Å². The zero-order valence-electron chi connectivity index (χ0n) is 10.7. The van der Waals surface area contributed by atoms with Gasteiger partial charge in [0, 0.05) is 13.1 Å². The second kappa shape index (κ2) is 4.94. The van der Waals surface area contributed by atoms with Gasteiger partial charge in [0.05, 0.1) is 0 Å². The first-order valence-corrected chi connectivity index (χ1v) is 6.81. The molecule has 17 heavy (non-hydrogen) atoms. The number of hydrogen-bond donors (Lipinski definition) is 2. The van der Waals surface area contributed by atoms with Crippen molar-refractivity contribution < 1.29 is 9.90 Å². The number of carboxylic acid groups (broad SMARTS) is 1. The molecular formula is C13H24N2O2. The molecular weight excluding hydrogens is 216 g/mol. The van der Waals surface area contributed by atoms with E-state index in [1.165, 1.54) is 12.8 Å². The third kappa shape index (κ3) is 3.19. The summed E-state index contributed by atoms with van der Waals surface area (Å²) in [5.41, 5.74) is 5.12. The molecule has 0 spiro atoms. The highest BCUT2D eigenvalue weighted by Crippen LogP contribution is 2.39. The molecule has 2 aliphatic rings. The van der Waals surface area contributed by atoms with Crippen LogP contribution in [0.4, 0.5) is 0 Å². The molecule has 0 aromatic carbocycles. The van der Waals surface area contributed by atoms with Gasteiger partial charge >= 0.3 is 5.97 Å². The van der Waals surface area contributed by atoms with Crippen LogP contribution < -0.4 is 5.73 Å². The maximum absolute atomic E-state index is 11.4. The molecule has 0 radical (unpaired) electrons. The molecule has 0 aromatic heterocycles. The fraction of sp³-hybridized carbons (Fsp3) is 0.923. The molecule has 1 unspecified atom stereocenters. The predicted molar refractivity (Wildman–Crippen MR) is 66.7 cm³/mol. The highest BCUT2D eigenvalue weighted by Gasteiger charge is 2.49. The number of nitrogens with zero attached hydrogens (tertiary/aromatic N) is 1. The Morgan fingerprint density at radius 1 is 1.41 bits per heavy atom. The van der Waals surface area contributed by atoms with Gasteiger partial charge in [-0.25, -0.2) is 0 Å². The van der Waals surface area contributed by atoms with E-state index in [1.807, 2.05) is 0 Å². The molecule has 4 heteroatoms. The highest BCUT2D eigenvalue weighted by atomic mass is 16.4. The summed E-state index contributed by atoms with van der Waals surface area (Å²) in [6.07, 6.45) is 5.62. The summed E-state index contributed by atoms with van der Waals surface area (Å²) in [5, 5.41) is 9.36. The number of aliphatic carboxylic acids is 1. The number of carbonyl (C=O) groups is 1. The van der Waals surface area contributed by atoms with Crippen LogP contribution in [-0.2, 0) is 4.79 Å². The Hall–Kier alpha value is -0.610. The summed E-state index contributed by atoms with van der Waals surface area (Å²) >= 11 is 0. The number of carboxylic acids is 1. The molecule has 2 rings (SSSR count). The standard InChI is InChI=1S/C13H24N2O2/c1-2-7-15(8-10-3-4-10)9-13(14,12(16)17)11-5-6-11/h10-11H,2-9,14H2,1H3,(H,16,17). The van der Waals surface area contributed by atoms with E-state index in [4.69, 9.17) is 5.73 Å². The van der Waals surface area contributed by atoms with Gasteiger partial charge in [0.15, 0.2) is 0 Å². The van der Waals surface area contributed by atoms with E-state index < -0.39 is 11.5 Å². The Kier molecular flexibility index (Phi) is 3.73. The van der Waals surface area contributed by atoms with E-state index in [0.717, 1.165) is 38.3 Å². The largest absolute Gasteiger partial charge is 0.480 e. The lowest BCUT2D eigenvalue weighted by Crippen LogP contribution is -2.58. The molecule has 2 saturated carbocycles. The smallest absolute Gasteiger partial charge is 0.325 e. The van der Waals surface area contributed by atoms with E-state index in [9.17, 15) is 9.90 Å². The Bertz CT molecular complexity index is 287. The maximum atomic E-state index is 11.4. The molecule has 2 aliphatic carbocycles. The van der Waals surface area contributed by atoms with Gasteiger partial charge in [-0.3, -0.25) is 4.79 Å². The van der Waals surface area contributed by atoms with Crippen molar-refractivity contribution in [2.24, 2.45) is 17.6 Å². The van der Waals surface area contributed by atoms with Gasteiger partial charge in [0.2, 0.25) is 0 Å². The minimum Gasteiger partial charge on any atom is -0.480 e. The van der Waals surface area contributed by atoms with Crippen LogP contribution in [-0.4, -0.2) is 41.1 Å². The molecule has 0 saturated heterocycles. The molecule has 4 nitrogen and oxygen atoms in total. The first kappa shape index (κ1) is 12.8. The van der Waals surface area contributed by atoms with Crippen LogP contribution in [0.2, 0.25) is 0 Å². The van der Waals surface area contributed by atoms with Gasteiger partial charge < -0.3 is 15.7 Å². The van der Waals surface area contributed by atoms with Crippen LogP contribution in [0.3, 0.4) is 0 Å². The third-order valence-corrected chi connectivity index (χ3v) is 3.94. The van der Waals surface area contributed by atoms with Crippen LogP contribution >= 0.6 is 0 Å². The number of rotatable bonds is 8. The minimum atomic E-state index is -1.01. The van der Waals surface area contributed by atoms with E-state index in [1.54, 1.807) is 0 Å². The second-order valence-corrected chi connectivity index (χ2v) is 5.80. The van der Waals surface area contributed by atoms with Crippen molar-refractivity contribution in [3.63, 3.8) is 0 Å². The summed E-state index contributed by atoms with van der Waals surface area (Å²) in [7, 11) is 0. The molecule has 98 valence electrons. The van der Waals surface area contributed by atoms with Gasteiger partial charge in [-0.2, -0.15) is 0 Å². The molecule has 0 heterocycles. The van der Waals surface area contributed by atoms with Gasteiger partial charge in [0.25, 0.3) is 0 Å². The highest BCUT2D eigenvalue weighted by molar-refractivity contribution is 5.79. The van der Waals surface area contributed by atoms with E-state index in [-0.39, 0.29) is 5.92 Å². The van der Waals surface area contributed by atoms with E-state index >= 15 is 0 Å². The molecule has 1 atom stereocenters. The summed E-state index contributed by atoms with van der Waals surface area (Å²) in [4.78, 5) is 13.7. The molecule has 3 N–H and O–H groups in total. The first-order valence-electron chi connectivity index (χ1n) is 6.81. The maximum Gasteiger partial charge on any atom is 0.325 e. The topological polar surface area (TPSA) is 66.6 Å². The van der Waals surface area contributed by atoms with E-state index in [2.05, 4.69) is 11.8 Å². The summed E-state index contributed by atoms with van der Waals surface area (Å²) in [5.74, 6) is 0.161. The summed E-state index contributed by atoms with van der Waals surface area (Å²) < 4.78 is 0. The second-order valence-electron chi connectivity index (χ2n) is 5.80. The lowest BCUT2D eigenvalue weighted by molar-refractivity contribution is -0.145. The molecule has 2 fully saturated rings. The van der Waals surface area contributed by atoms with Crippen LogP contribution in [0.5, 0.6) is 0 Å². The monoisotopic (exact) mass is 240 g/mol. The lowest BCUT2D eigenvalue weighted by atomic mass is 9.93. The van der Waals surface area contributed by atoms with Crippen LogP contribution in [0.15, 0.2) is 0 Å². The van der Waals surface area contributed by atoms with Crippen molar-refractivity contribution >= 4 is 5.97 Å². The number of nitrogens with two attached hydrogens (primary N) is 1. The zero-order valence-corrected chi connectivity index (χ0v) is 10.7. The predicted octanol–water partition coefficient (Wildman–Crippen LogP) is 1.30. The van der Waals surface area contributed by atoms with E-state index in [0.29, 0.717) is 6.54 Å². The SMILES string of the molecule is CCCN(CC1CC1)CC(N)(C(=O)O)C1CC1. The Morgan fingerprint density at radius 3 is 2.47 bits per heavy atom. The van der Waals surface area contributed by atoms with Gasteiger partial charge in [0.1, 0.15) is 5.54 Å². The van der Waals surface area contributed by atoms with Crippen LogP contribution in [0, 0.1) is 11.8 Å². The van der Waals surface area contributed by atoms with Gasteiger partial charge in [-0.1, -0.05) is 6.92 Å². The quantitative estimate of drug-likeness (QED) is 0.671. The van der Waals surface area contributed by atoms with Gasteiger partial charge in [-0.05, 0) is 50.5 Å². The fourth-order valence-electron chi connectivity index (χ4n) is 2.56. The molecule has 0 aliphatic heterocycles. The summed E-state index contributed by atoms with van der Waals surface area (Å²) in [6.45, 7) is 4.66. The average Bonchev–Trinajstić information content (AvgIpc) is 3.12. The molecule has 0 aromatic rings. The van der Waals surface area contributed by atoms with Crippen molar-refractivity contribution in [2.45, 2.75) is 44.6 Å². The van der Waals surface area contributed by atoms with Crippen LogP contribution in [0.1, 0.15) is 39.0 Å². The normalized spacial score (nSPS) is 23.7. The van der Waals surface area contributed by atoms with Crippen molar-refractivity contribution in [2.75, 3.05) is 19.6 Å².